The first-order valence-electron chi connectivity index (χ1n) is 7.17. The molecule has 21 heavy (non-hydrogen) atoms. The second-order valence-corrected chi connectivity index (χ2v) is 5.45. The molecule has 0 radical (unpaired) electrons. The molecule has 1 rings (SSSR count). The molecular formula is C15H23N3O3. The van der Waals surface area contributed by atoms with Gasteiger partial charge in [0.2, 0.25) is 0 Å². The van der Waals surface area contributed by atoms with E-state index in [1.165, 1.54) is 12.1 Å². The van der Waals surface area contributed by atoms with Gasteiger partial charge >= 0.3 is 0 Å². The number of nitro groups is 1. The van der Waals surface area contributed by atoms with E-state index in [1.807, 2.05) is 13.8 Å². The second kappa shape index (κ2) is 7.61. The summed E-state index contributed by atoms with van der Waals surface area (Å²) in [5, 5.41) is 16.9. The van der Waals surface area contributed by atoms with Crippen LogP contribution in [0.4, 0.5) is 11.4 Å². The molecule has 0 aliphatic rings. The molecule has 0 saturated heterocycles. The fraction of sp³-hybridized carbons (Fsp3) is 0.533. The molecule has 0 saturated carbocycles. The van der Waals surface area contributed by atoms with Crippen LogP contribution in [0.15, 0.2) is 18.2 Å². The zero-order valence-electron chi connectivity index (χ0n) is 13.0. The Balaban J connectivity index is 2.94. The summed E-state index contributed by atoms with van der Waals surface area (Å²) in [4.78, 5) is 22.7. The highest BCUT2D eigenvalue weighted by molar-refractivity contribution is 5.99. The summed E-state index contributed by atoms with van der Waals surface area (Å²) in [7, 11) is 0. The predicted molar refractivity (Wildman–Crippen MR) is 83.6 cm³/mol. The van der Waals surface area contributed by atoms with Crippen molar-refractivity contribution in [2.24, 2.45) is 11.8 Å². The van der Waals surface area contributed by atoms with Crippen molar-refractivity contribution in [3.8, 4) is 0 Å². The van der Waals surface area contributed by atoms with Gasteiger partial charge in [-0.25, -0.2) is 0 Å². The van der Waals surface area contributed by atoms with Crippen LogP contribution in [-0.4, -0.2) is 23.9 Å². The minimum atomic E-state index is -0.531. The van der Waals surface area contributed by atoms with Crippen molar-refractivity contribution in [3.05, 3.63) is 33.9 Å². The first-order chi connectivity index (χ1) is 9.86. The van der Waals surface area contributed by atoms with Crippen LogP contribution in [0.25, 0.3) is 0 Å². The van der Waals surface area contributed by atoms with Gasteiger partial charge in [-0.05, 0) is 30.9 Å². The second-order valence-electron chi connectivity index (χ2n) is 5.45. The van der Waals surface area contributed by atoms with E-state index in [2.05, 4.69) is 24.5 Å². The summed E-state index contributed by atoms with van der Waals surface area (Å²) >= 11 is 0. The lowest BCUT2D eigenvalue weighted by Crippen LogP contribution is -2.30. The molecule has 1 unspecified atom stereocenters. The molecule has 0 heterocycles. The average Bonchev–Trinajstić information content (AvgIpc) is 2.44. The van der Waals surface area contributed by atoms with Crippen molar-refractivity contribution >= 4 is 17.3 Å². The summed E-state index contributed by atoms with van der Waals surface area (Å²) in [5.41, 5.74) is 0.617. The number of hydrogen-bond acceptors (Lipinski definition) is 4. The molecule has 1 atom stereocenters. The van der Waals surface area contributed by atoms with Gasteiger partial charge in [0, 0.05) is 24.8 Å². The lowest BCUT2D eigenvalue weighted by Gasteiger charge is -2.16. The van der Waals surface area contributed by atoms with Crippen LogP contribution in [0.5, 0.6) is 0 Å². The number of rotatable bonds is 7. The summed E-state index contributed by atoms with van der Waals surface area (Å²) in [6, 6.07) is 4.49. The molecule has 0 bridgehead atoms. The molecule has 6 heteroatoms. The topological polar surface area (TPSA) is 84.3 Å². The van der Waals surface area contributed by atoms with Gasteiger partial charge < -0.3 is 10.6 Å². The van der Waals surface area contributed by atoms with Crippen molar-refractivity contribution < 1.29 is 9.72 Å². The molecular weight excluding hydrogens is 270 g/mol. The third-order valence-corrected chi connectivity index (χ3v) is 3.54. The first-order valence-corrected chi connectivity index (χ1v) is 7.17. The Labute approximate surface area is 125 Å². The van der Waals surface area contributed by atoms with Crippen molar-refractivity contribution in [1.82, 2.24) is 5.32 Å². The summed E-state index contributed by atoms with van der Waals surface area (Å²) in [6.07, 6.45) is 0. The van der Waals surface area contributed by atoms with Gasteiger partial charge in [-0.3, -0.25) is 14.9 Å². The van der Waals surface area contributed by atoms with E-state index in [4.69, 9.17) is 0 Å². The average molecular weight is 293 g/mol. The molecule has 0 fully saturated rings. The molecule has 1 aromatic rings. The van der Waals surface area contributed by atoms with Crippen molar-refractivity contribution in [1.29, 1.82) is 0 Å². The largest absolute Gasteiger partial charge is 0.385 e. The van der Waals surface area contributed by atoms with E-state index >= 15 is 0 Å². The summed E-state index contributed by atoms with van der Waals surface area (Å²) in [5.74, 6) is 0.340. The minimum absolute atomic E-state index is 0.0920. The molecule has 1 aromatic carbocycles. The number of nitrogens with one attached hydrogen (secondary N) is 2. The van der Waals surface area contributed by atoms with Crippen LogP contribution >= 0.6 is 0 Å². The zero-order valence-corrected chi connectivity index (χ0v) is 13.0. The van der Waals surface area contributed by atoms with Gasteiger partial charge in [-0.1, -0.05) is 20.8 Å². The number of benzene rings is 1. The fourth-order valence-corrected chi connectivity index (χ4v) is 1.78. The van der Waals surface area contributed by atoms with E-state index < -0.39 is 10.8 Å². The molecule has 2 N–H and O–H groups in total. The molecule has 0 spiro atoms. The summed E-state index contributed by atoms with van der Waals surface area (Å²) < 4.78 is 0. The quantitative estimate of drug-likeness (QED) is 0.597. The normalized spacial score (nSPS) is 12.0. The first kappa shape index (κ1) is 16.9. The Kier molecular flexibility index (Phi) is 6.14. The Hall–Kier alpha value is -2.11. The number of hydrogen-bond donors (Lipinski definition) is 2. The van der Waals surface area contributed by atoms with Crippen molar-refractivity contribution in [3.63, 3.8) is 0 Å². The maximum Gasteiger partial charge on any atom is 0.282 e. The molecule has 116 valence electrons. The van der Waals surface area contributed by atoms with Gasteiger partial charge in [0.1, 0.15) is 5.56 Å². The Bertz CT molecular complexity index is 515. The Morgan fingerprint density at radius 2 is 2.00 bits per heavy atom. The SMILES string of the molecule is CCNc1ccc([N+](=O)[O-])c(C(=O)NCC(C)C(C)C)c1. The maximum absolute atomic E-state index is 12.2. The van der Waals surface area contributed by atoms with Crippen molar-refractivity contribution in [2.45, 2.75) is 27.7 Å². The maximum atomic E-state index is 12.2. The lowest BCUT2D eigenvalue weighted by molar-refractivity contribution is -0.385. The van der Waals surface area contributed by atoms with Gasteiger partial charge in [0.25, 0.3) is 11.6 Å². The zero-order chi connectivity index (χ0) is 16.0. The van der Waals surface area contributed by atoms with Gasteiger partial charge in [-0.2, -0.15) is 0 Å². The molecule has 0 aliphatic heterocycles. The number of carbonyl (C=O) groups is 1. The Morgan fingerprint density at radius 3 is 2.52 bits per heavy atom. The van der Waals surface area contributed by atoms with E-state index in [9.17, 15) is 14.9 Å². The van der Waals surface area contributed by atoms with Crippen LogP contribution in [-0.2, 0) is 0 Å². The van der Waals surface area contributed by atoms with Gasteiger partial charge in [-0.15, -0.1) is 0 Å². The smallest absolute Gasteiger partial charge is 0.282 e. The van der Waals surface area contributed by atoms with Gasteiger partial charge in [0.05, 0.1) is 4.92 Å². The molecule has 0 aromatic heterocycles. The number of amides is 1. The lowest BCUT2D eigenvalue weighted by atomic mass is 9.98. The number of carbonyl (C=O) groups excluding carboxylic acids is 1. The molecule has 1 amide bonds. The van der Waals surface area contributed by atoms with Crippen LogP contribution < -0.4 is 10.6 Å². The molecule has 6 nitrogen and oxygen atoms in total. The van der Waals surface area contributed by atoms with Crippen molar-refractivity contribution in [2.75, 3.05) is 18.4 Å². The van der Waals surface area contributed by atoms with E-state index in [0.717, 1.165) is 0 Å². The number of anilines is 1. The van der Waals surface area contributed by atoms with Crippen LogP contribution in [0.3, 0.4) is 0 Å². The third-order valence-electron chi connectivity index (χ3n) is 3.54. The minimum Gasteiger partial charge on any atom is -0.385 e. The Morgan fingerprint density at radius 1 is 1.33 bits per heavy atom. The van der Waals surface area contributed by atoms with Gasteiger partial charge in [0.15, 0.2) is 0 Å². The van der Waals surface area contributed by atoms with Crippen LogP contribution in [0.1, 0.15) is 38.1 Å². The monoisotopic (exact) mass is 293 g/mol. The van der Waals surface area contributed by atoms with E-state index in [0.29, 0.717) is 30.6 Å². The van der Waals surface area contributed by atoms with E-state index in [1.54, 1.807) is 6.07 Å². The summed E-state index contributed by atoms with van der Waals surface area (Å²) in [6.45, 7) is 9.29. The molecule has 0 aliphatic carbocycles. The highest BCUT2D eigenvalue weighted by atomic mass is 16.6. The van der Waals surface area contributed by atoms with E-state index in [-0.39, 0.29) is 11.3 Å². The highest BCUT2D eigenvalue weighted by Crippen LogP contribution is 2.23. The third kappa shape index (κ3) is 4.73. The number of nitro benzene ring substituents is 1. The standard InChI is InChI=1S/C15H23N3O3/c1-5-16-12-6-7-14(18(20)21)13(8-12)15(19)17-9-11(4)10(2)3/h6-8,10-11,16H,5,9H2,1-4H3,(H,17,19). The fourth-order valence-electron chi connectivity index (χ4n) is 1.78. The van der Waals surface area contributed by atoms with Crippen LogP contribution in [0, 0.1) is 22.0 Å². The van der Waals surface area contributed by atoms with Crippen LogP contribution in [0.2, 0.25) is 0 Å². The predicted octanol–water partition coefficient (Wildman–Crippen LogP) is 3.05. The highest BCUT2D eigenvalue weighted by Gasteiger charge is 2.21. The number of nitrogens with zero attached hydrogens (tertiary/aromatic N) is 1.